The van der Waals surface area contributed by atoms with Crippen LogP contribution >= 0.6 is 11.3 Å². The lowest BCUT2D eigenvalue weighted by Gasteiger charge is -2.33. The van der Waals surface area contributed by atoms with Crippen LogP contribution in [0.5, 0.6) is 0 Å². The van der Waals surface area contributed by atoms with Crippen molar-refractivity contribution in [2.75, 3.05) is 57.3 Å². The molecular weight excluding hydrogens is 446 g/mol. The number of ether oxygens (including phenoxy) is 1. The molecule has 2 fully saturated rings. The fourth-order valence-electron chi connectivity index (χ4n) is 4.19. The molecule has 2 aromatic rings. The van der Waals surface area contributed by atoms with E-state index < -0.39 is 0 Å². The molecule has 33 heavy (non-hydrogen) atoms. The van der Waals surface area contributed by atoms with Gasteiger partial charge in [-0.1, -0.05) is 18.3 Å². The Kier molecular flexibility index (Phi) is 7.43. The number of amides is 2. The minimum atomic E-state index is -0.315. The third-order valence-electron chi connectivity index (χ3n) is 6.16. The highest BCUT2D eigenvalue weighted by Gasteiger charge is 2.25. The number of hydrogen-bond donors (Lipinski definition) is 1. The lowest BCUT2D eigenvalue weighted by molar-refractivity contribution is -0.122. The quantitative estimate of drug-likeness (QED) is 0.648. The Bertz CT molecular complexity index is 1040. The van der Waals surface area contributed by atoms with Crippen molar-refractivity contribution in [3.05, 3.63) is 16.7 Å². The van der Waals surface area contributed by atoms with E-state index in [1.165, 1.54) is 22.2 Å². The average molecular weight is 478 g/mol. The van der Waals surface area contributed by atoms with Crippen LogP contribution in [0.2, 0.25) is 0 Å². The average Bonchev–Trinajstić information content (AvgIpc) is 3.27. The molecule has 0 atom stereocenters. The molecule has 0 saturated carbocycles. The Morgan fingerprint density at radius 1 is 1.15 bits per heavy atom. The zero-order valence-electron chi connectivity index (χ0n) is 19.2. The predicted octanol–water partition coefficient (Wildman–Crippen LogP) is 0.732. The van der Waals surface area contributed by atoms with Crippen molar-refractivity contribution in [1.82, 2.24) is 29.7 Å². The molecule has 0 spiro atoms. The number of rotatable bonds is 6. The largest absolute Gasteiger partial charge is 0.450 e. The summed E-state index contributed by atoms with van der Waals surface area (Å²) in [5.74, 6) is -0.242. The molecule has 4 heterocycles. The number of anilines is 1. The van der Waals surface area contributed by atoms with E-state index in [2.05, 4.69) is 32.0 Å². The second-order valence-corrected chi connectivity index (χ2v) is 9.25. The second-order valence-electron chi connectivity index (χ2n) is 8.28. The van der Waals surface area contributed by atoms with E-state index in [1.54, 1.807) is 11.8 Å². The van der Waals surface area contributed by atoms with E-state index in [1.807, 2.05) is 0 Å². The number of likely N-dealkylation sites (N-methyl/N-ethyl adjacent to an activating group) is 1. The van der Waals surface area contributed by atoms with E-state index in [0.29, 0.717) is 42.9 Å². The molecule has 4 rings (SSSR count). The molecule has 12 heteroatoms. The number of nitrogens with zero attached hydrogens (tertiary/aromatic N) is 6. The summed E-state index contributed by atoms with van der Waals surface area (Å²) in [5.41, 5.74) is 0.184. The molecule has 2 aliphatic rings. The molecule has 2 amide bonds. The highest BCUT2D eigenvalue weighted by atomic mass is 32.1. The molecule has 2 aliphatic heterocycles. The van der Waals surface area contributed by atoms with Crippen LogP contribution in [0.1, 0.15) is 26.7 Å². The predicted molar refractivity (Wildman–Crippen MR) is 126 cm³/mol. The molecule has 1 N–H and O–H groups in total. The maximum absolute atomic E-state index is 13.0. The number of carbonyl (C=O) groups excluding carboxylic acids is 2. The summed E-state index contributed by atoms with van der Waals surface area (Å²) < 4.78 is 6.83. The van der Waals surface area contributed by atoms with Gasteiger partial charge in [-0.25, -0.2) is 9.78 Å². The van der Waals surface area contributed by atoms with Crippen LogP contribution in [0.4, 0.5) is 9.93 Å². The molecule has 180 valence electrons. The van der Waals surface area contributed by atoms with Crippen LogP contribution in [0.15, 0.2) is 11.1 Å². The summed E-state index contributed by atoms with van der Waals surface area (Å²) in [6, 6.07) is -0.0348. The van der Waals surface area contributed by atoms with Gasteiger partial charge in [0.15, 0.2) is 10.8 Å². The third-order valence-corrected chi connectivity index (χ3v) is 7.26. The summed E-state index contributed by atoms with van der Waals surface area (Å²) >= 11 is 1.34. The molecule has 2 saturated heterocycles. The molecule has 0 aromatic carbocycles. The normalized spacial score (nSPS) is 18.0. The monoisotopic (exact) mass is 477 g/mol. The van der Waals surface area contributed by atoms with E-state index >= 15 is 0 Å². The maximum atomic E-state index is 13.0. The van der Waals surface area contributed by atoms with Gasteiger partial charge in [-0.05, 0) is 26.3 Å². The van der Waals surface area contributed by atoms with Crippen molar-refractivity contribution >= 4 is 38.8 Å². The molecular formula is C21H31N7O4S. The SMILES string of the molecule is CCOC(=O)N1CCC(NC(=O)Cn2cnc3nc(N4CCN(CC)CC4)sc3c2=O)CC1. The maximum Gasteiger partial charge on any atom is 0.409 e. The molecule has 0 aliphatic carbocycles. The van der Waals surface area contributed by atoms with Gasteiger partial charge in [-0.3, -0.25) is 14.2 Å². The first kappa shape index (κ1) is 23.4. The van der Waals surface area contributed by atoms with E-state index in [-0.39, 0.29) is 30.1 Å². The molecule has 0 radical (unpaired) electrons. The standard InChI is InChI=1S/C21H31N7O4S/c1-3-25-9-11-26(12-10-25)20-24-18-17(33-20)19(30)28(14-22-18)13-16(29)23-15-5-7-27(8-6-15)21(31)32-4-2/h14-15H,3-13H2,1-2H3,(H,23,29). The minimum Gasteiger partial charge on any atom is -0.450 e. The van der Waals surface area contributed by atoms with Crippen LogP contribution in [-0.4, -0.2) is 94.8 Å². The van der Waals surface area contributed by atoms with Gasteiger partial charge < -0.3 is 24.8 Å². The number of hydrogen-bond acceptors (Lipinski definition) is 9. The van der Waals surface area contributed by atoms with Gasteiger partial charge in [0.05, 0.1) is 6.61 Å². The topological polar surface area (TPSA) is 113 Å². The number of aromatic nitrogens is 3. The fraction of sp³-hybridized carbons (Fsp3) is 0.667. The number of likely N-dealkylation sites (tertiary alicyclic amines) is 1. The van der Waals surface area contributed by atoms with Crippen LogP contribution in [0.3, 0.4) is 0 Å². The van der Waals surface area contributed by atoms with Gasteiger partial charge in [0.25, 0.3) is 5.56 Å². The summed E-state index contributed by atoms with van der Waals surface area (Å²) in [4.78, 5) is 52.4. The number of piperidine rings is 1. The first-order valence-corrected chi connectivity index (χ1v) is 12.3. The Labute approximate surface area is 196 Å². The van der Waals surface area contributed by atoms with Crippen molar-refractivity contribution in [2.45, 2.75) is 39.3 Å². The van der Waals surface area contributed by atoms with Crippen LogP contribution in [0, 0.1) is 0 Å². The number of fused-ring (bicyclic) bond motifs is 1. The minimum absolute atomic E-state index is 0.0348. The smallest absolute Gasteiger partial charge is 0.409 e. The Morgan fingerprint density at radius 2 is 1.88 bits per heavy atom. The van der Waals surface area contributed by atoms with Crippen molar-refractivity contribution in [3.63, 3.8) is 0 Å². The first-order chi connectivity index (χ1) is 16.0. The van der Waals surface area contributed by atoms with Crippen LogP contribution in [-0.2, 0) is 16.1 Å². The summed E-state index contributed by atoms with van der Waals surface area (Å²) in [7, 11) is 0. The highest BCUT2D eigenvalue weighted by molar-refractivity contribution is 7.22. The van der Waals surface area contributed by atoms with E-state index in [4.69, 9.17) is 4.74 Å². The second kappa shape index (κ2) is 10.5. The van der Waals surface area contributed by atoms with Gasteiger partial charge in [-0.15, -0.1) is 0 Å². The van der Waals surface area contributed by atoms with Crippen molar-refractivity contribution < 1.29 is 14.3 Å². The summed E-state index contributed by atoms with van der Waals surface area (Å²) in [6.45, 7) is 9.99. The Morgan fingerprint density at radius 3 is 2.55 bits per heavy atom. The van der Waals surface area contributed by atoms with E-state index in [9.17, 15) is 14.4 Å². The van der Waals surface area contributed by atoms with Crippen molar-refractivity contribution in [1.29, 1.82) is 0 Å². The van der Waals surface area contributed by atoms with E-state index in [0.717, 1.165) is 37.9 Å². The first-order valence-electron chi connectivity index (χ1n) is 11.5. The number of thiazole rings is 1. The lowest BCUT2D eigenvalue weighted by atomic mass is 10.1. The summed E-state index contributed by atoms with van der Waals surface area (Å²) in [6.07, 6.45) is 2.39. The number of carbonyl (C=O) groups is 2. The van der Waals surface area contributed by atoms with Crippen LogP contribution in [0.25, 0.3) is 10.3 Å². The molecule has 0 unspecified atom stereocenters. The Balaban J connectivity index is 1.35. The number of piperazine rings is 1. The van der Waals surface area contributed by atoms with Crippen LogP contribution < -0.4 is 15.8 Å². The number of nitrogens with one attached hydrogen (secondary N) is 1. The molecule has 2 aromatic heterocycles. The van der Waals surface area contributed by atoms with Crippen molar-refractivity contribution in [3.8, 4) is 0 Å². The zero-order chi connectivity index (χ0) is 23.4. The highest BCUT2D eigenvalue weighted by Crippen LogP contribution is 2.26. The van der Waals surface area contributed by atoms with Gasteiger partial charge in [-0.2, -0.15) is 4.98 Å². The van der Waals surface area contributed by atoms with Gasteiger partial charge in [0, 0.05) is 45.3 Å². The molecule has 0 bridgehead atoms. The third kappa shape index (κ3) is 5.44. The van der Waals surface area contributed by atoms with Gasteiger partial charge >= 0.3 is 6.09 Å². The van der Waals surface area contributed by atoms with Crippen molar-refractivity contribution in [2.24, 2.45) is 0 Å². The van der Waals surface area contributed by atoms with Gasteiger partial charge in [0.1, 0.15) is 17.6 Å². The Hall–Kier alpha value is -2.73. The van der Waals surface area contributed by atoms with Gasteiger partial charge in [0.2, 0.25) is 5.91 Å². The lowest BCUT2D eigenvalue weighted by Crippen LogP contribution is -2.47. The summed E-state index contributed by atoms with van der Waals surface area (Å²) in [5, 5.41) is 3.78. The fourth-order valence-corrected chi connectivity index (χ4v) is 5.21. The molecule has 11 nitrogen and oxygen atoms in total. The zero-order valence-corrected chi connectivity index (χ0v) is 20.0.